The van der Waals surface area contributed by atoms with Crippen LogP contribution >= 0.6 is 0 Å². The molecule has 0 amide bonds. The van der Waals surface area contributed by atoms with Crippen molar-refractivity contribution in [3.05, 3.63) is 53.0 Å². The molecule has 0 bridgehead atoms. The summed E-state index contributed by atoms with van der Waals surface area (Å²) in [6.07, 6.45) is -3.21. The highest BCUT2D eigenvalue weighted by Gasteiger charge is 2.30. The molecular weight excluding hydrogens is 391 g/mol. The topological polar surface area (TPSA) is 81.7 Å². The first-order chi connectivity index (χ1) is 13.5. The highest BCUT2D eigenvalue weighted by atomic mass is 19.4. The third-order valence-corrected chi connectivity index (χ3v) is 4.55. The van der Waals surface area contributed by atoms with Crippen LogP contribution in [0.2, 0.25) is 0 Å². The van der Waals surface area contributed by atoms with Crippen LogP contribution in [-0.2, 0) is 22.5 Å². The van der Waals surface area contributed by atoms with Gasteiger partial charge < -0.3 is 18.8 Å². The van der Waals surface area contributed by atoms with Gasteiger partial charge in [0.1, 0.15) is 17.9 Å². The molecule has 0 unspecified atom stereocenters. The number of aryl methyl sites for hydroxylation is 1. The van der Waals surface area contributed by atoms with Crippen molar-refractivity contribution in [2.45, 2.75) is 33.0 Å². The lowest BCUT2D eigenvalue weighted by Gasteiger charge is -2.12. The summed E-state index contributed by atoms with van der Waals surface area (Å²) in [4.78, 5) is 24.4. The van der Waals surface area contributed by atoms with Crippen molar-refractivity contribution in [2.75, 3.05) is 6.61 Å². The first-order valence-electron chi connectivity index (χ1n) is 8.66. The highest BCUT2D eigenvalue weighted by molar-refractivity contribution is 5.99. The van der Waals surface area contributed by atoms with Gasteiger partial charge in [-0.1, -0.05) is 0 Å². The zero-order valence-electron chi connectivity index (χ0n) is 15.7. The number of ketones is 1. The number of esters is 1. The highest BCUT2D eigenvalue weighted by Crippen LogP contribution is 2.26. The fourth-order valence-electron chi connectivity index (χ4n) is 3.15. The Bertz CT molecular complexity index is 1080. The molecule has 2 heterocycles. The standard InChI is InChI=1S/C20H18F3NO5/c1-11-5-16(12(2)24(11)10-20(21,22)23)17(26)9-29-19(27)6-13-8-28-18-7-14(25)3-4-15(13)18/h3-5,7-8,25H,6,9-10H2,1-2H3. The second-order valence-electron chi connectivity index (χ2n) is 6.69. The average Bonchev–Trinajstić information content (AvgIpc) is 3.14. The van der Waals surface area contributed by atoms with Gasteiger partial charge >= 0.3 is 12.1 Å². The summed E-state index contributed by atoms with van der Waals surface area (Å²) >= 11 is 0. The number of aromatic hydroxyl groups is 1. The summed E-state index contributed by atoms with van der Waals surface area (Å²) in [6.45, 7) is 1.12. The summed E-state index contributed by atoms with van der Waals surface area (Å²) in [5, 5.41) is 10.1. The second kappa shape index (κ2) is 7.65. The van der Waals surface area contributed by atoms with Crippen LogP contribution in [0.4, 0.5) is 13.2 Å². The third-order valence-electron chi connectivity index (χ3n) is 4.55. The number of aromatic nitrogens is 1. The molecule has 3 aromatic rings. The van der Waals surface area contributed by atoms with Crippen LogP contribution in [0.25, 0.3) is 11.0 Å². The molecule has 0 aliphatic heterocycles. The van der Waals surface area contributed by atoms with E-state index >= 15 is 0 Å². The van der Waals surface area contributed by atoms with Crippen molar-refractivity contribution < 1.29 is 37.0 Å². The van der Waals surface area contributed by atoms with E-state index in [1.807, 2.05) is 0 Å². The number of phenolic OH excluding ortho intramolecular Hbond substituents is 1. The first kappa shape index (κ1) is 20.5. The molecule has 154 valence electrons. The number of halogens is 3. The molecule has 29 heavy (non-hydrogen) atoms. The van der Waals surface area contributed by atoms with Gasteiger partial charge in [-0.05, 0) is 32.0 Å². The van der Waals surface area contributed by atoms with E-state index in [2.05, 4.69) is 0 Å². The molecule has 0 spiro atoms. The molecule has 1 N–H and O–H groups in total. The van der Waals surface area contributed by atoms with Gasteiger partial charge in [-0.25, -0.2) is 0 Å². The lowest BCUT2D eigenvalue weighted by molar-refractivity contribution is -0.142. The van der Waals surface area contributed by atoms with Gasteiger partial charge in [0.25, 0.3) is 0 Å². The van der Waals surface area contributed by atoms with Crippen LogP contribution in [0.15, 0.2) is 34.9 Å². The average molecular weight is 409 g/mol. The van der Waals surface area contributed by atoms with Gasteiger partial charge in [-0.15, -0.1) is 0 Å². The molecule has 0 aliphatic rings. The van der Waals surface area contributed by atoms with E-state index < -0.39 is 31.1 Å². The number of carbonyl (C=O) groups is 2. The van der Waals surface area contributed by atoms with Crippen LogP contribution < -0.4 is 0 Å². The number of furan rings is 1. The lowest BCUT2D eigenvalue weighted by Crippen LogP contribution is -2.20. The molecule has 0 saturated carbocycles. The maximum Gasteiger partial charge on any atom is 0.406 e. The number of ether oxygens (including phenoxy) is 1. The van der Waals surface area contributed by atoms with Crippen LogP contribution in [0.1, 0.15) is 27.3 Å². The van der Waals surface area contributed by atoms with E-state index in [4.69, 9.17) is 9.15 Å². The van der Waals surface area contributed by atoms with Gasteiger partial charge in [0, 0.05) is 34.0 Å². The fourth-order valence-corrected chi connectivity index (χ4v) is 3.15. The van der Waals surface area contributed by atoms with Crippen molar-refractivity contribution in [3.8, 4) is 5.75 Å². The zero-order valence-corrected chi connectivity index (χ0v) is 15.7. The molecule has 0 atom stereocenters. The van der Waals surface area contributed by atoms with Gasteiger partial charge in [0.2, 0.25) is 5.78 Å². The van der Waals surface area contributed by atoms with E-state index in [0.29, 0.717) is 22.2 Å². The number of Topliss-reactive ketones (excluding diaryl/α,β-unsaturated/α-hetero) is 1. The predicted octanol–water partition coefficient (Wildman–Crippen LogP) is 4.09. The monoisotopic (exact) mass is 409 g/mol. The quantitative estimate of drug-likeness (QED) is 0.490. The number of hydrogen-bond donors (Lipinski definition) is 1. The Morgan fingerprint density at radius 2 is 1.93 bits per heavy atom. The summed E-state index contributed by atoms with van der Waals surface area (Å²) in [5.41, 5.74) is 1.48. The van der Waals surface area contributed by atoms with Crippen LogP contribution in [0.3, 0.4) is 0 Å². The molecular formula is C20H18F3NO5. The number of carbonyl (C=O) groups excluding carboxylic acids is 2. The molecule has 0 aliphatic carbocycles. The summed E-state index contributed by atoms with van der Waals surface area (Å²) in [6, 6.07) is 5.81. The van der Waals surface area contributed by atoms with E-state index in [9.17, 15) is 27.9 Å². The van der Waals surface area contributed by atoms with Crippen molar-refractivity contribution in [3.63, 3.8) is 0 Å². The Kier molecular flexibility index (Phi) is 5.41. The summed E-state index contributed by atoms with van der Waals surface area (Å²) in [5.74, 6) is -1.24. The SMILES string of the molecule is Cc1cc(C(=O)COC(=O)Cc2coc3cc(O)ccc23)c(C)n1CC(F)(F)F. The van der Waals surface area contributed by atoms with Crippen LogP contribution in [-0.4, -0.2) is 34.2 Å². The summed E-state index contributed by atoms with van der Waals surface area (Å²) in [7, 11) is 0. The molecule has 9 heteroatoms. The number of alkyl halides is 3. The minimum Gasteiger partial charge on any atom is -0.508 e. The minimum atomic E-state index is -4.41. The van der Waals surface area contributed by atoms with Crippen LogP contribution in [0.5, 0.6) is 5.75 Å². The zero-order chi connectivity index (χ0) is 21.3. The Labute approximate surface area is 163 Å². The summed E-state index contributed by atoms with van der Waals surface area (Å²) < 4.78 is 49.3. The van der Waals surface area contributed by atoms with Crippen molar-refractivity contribution >= 4 is 22.7 Å². The smallest absolute Gasteiger partial charge is 0.406 e. The molecule has 3 rings (SSSR count). The van der Waals surface area contributed by atoms with E-state index in [1.165, 1.54) is 38.3 Å². The molecule has 0 fully saturated rings. The molecule has 0 radical (unpaired) electrons. The Balaban J connectivity index is 1.64. The van der Waals surface area contributed by atoms with Gasteiger partial charge in [-0.3, -0.25) is 9.59 Å². The lowest BCUT2D eigenvalue weighted by atomic mass is 10.1. The number of nitrogens with zero attached hydrogens (tertiary/aromatic N) is 1. The van der Waals surface area contributed by atoms with Crippen molar-refractivity contribution in [2.24, 2.45) is 0 Å². The Morgan fingerprint density at radius 3 is 2.62 bits per heavy atom. The van der Waals surface area contributed by atoms with Gasteiger partial charge in [0.15, 0.2) is 6.61 Å². The molecule has 0 saturated heterocycles. The van der Waals surface area contributed by atoms with Crippen LogP contribution in [0, 0.1) is 13.8 Å². The van der Waals surface area contributed by atoms with E-state index in [1.54, 1.807) is 6.07 Å². The van der Waals surface area contributed by atoms with Crippen molar-refractivity contribution in [1.29, 1.82) is 0 Å². The number of benzene rings is 1. The molecule has 1 aromatic carbocycles. The third kappa shape index (κ3) is 4.61. The normalized spacial score (nSPS) is 11.8. The number of hydrogen-bond acceptors (Lipinski definition) is 5. The molecule has 6 nitrogen and oxygen atoms in total. The second-order valence-corrected chi connectivity index (χ2v) is 6.69. The van der Waals surface area contributed by atoms with Gasteiger partial charge in [0.05, 0.1) is 12.7 Å². The van der Waals surface area contributed by atoms with Gasteiger partial charge in [-0.2, -0.15) is 13.2 Å². The fraction of sp³-hybridized carbons (Fsp3) is 0.300. The minimum absolute atomic E-state index is 0.0229. The molecule has 2 aromatic heterocycles. The maximum absolute atomic E-state index is 12.7. The first-order valence-corrected chi connectivity index (χ1v) is 8.66. The maximum atomic E-state index is 12.7. The number of fused-ring (bicyclic) bond motifs is 1. The van der Waals surface area contributed by atoms with E-state index in [-0.39, 0.29) is 23.4 Å². The number of phenols is 1. The van der Waals surface area contributed by atoms with Crippen molar-refractivity contribution in [1.82, 2.24) is 4.57 Å². The number of rotatable bonds is 6. The predicted molar refractivity (Wildman–Crippen MR) is 96.8 cm³/mol. The Hall–Kier alpha value is -3.23. The van der Waals surface area contributed by atoms with E-state index in [0.717, 1.165) is 4.57 Å². The largest absolute Gasteiger partial charge is 0.508 e. The Morgan fingerprint density at radius 1 is 1.21 bits per heavy atom.